The molecule has 1 heterocycles. The molecule has 2 aromatic carbocycles. The summed E-state index contributed by atoms with van der Waals surface area (Å²) >= 11 is 0. The van der Waals surface area contributed by atoms with Gasteiger partial charge in [-0.2, -0.15) is 0 Å². The predicted octanol–water partition coefficient (Wildman–Crippen LogP) is 3.44. The van der Waals surface area contributed by atoms with Crippen LogP contribution in [0.2, 0.25) is 0 Å². The summed E-state index contributed by atoms with van der Waals surface area (Å²) in [5.74, 6) is 0. The first kappa shape index (κ1) is 16.0. The fourth-order valence-electron chi connectivity index (χ4n) is 2.55. The van der Waals surface area contributed by atoms with Crippen molar-refractivity contribution in [2.75, 3.05) is 4.72 Å². The lowest BCUT2D eigenvalue weighted by Gasteiger charge is -2.11. The number of nitrogens with one attached hydrogen (secondary N) is 2. The number of sulfonamides is 1. The Morgan fingerprint density at radius 1 is 1.21 bits per heavy atom. The van der Waals surface area contributed by atoms with E-state index < -0.39 is 14.9 Å². The van der Waals surface area contributed by atoms with Crippen LogP contribution in [0.5, 0.6) is 0 Å². The fourth-order valence-corrected chi connectivity index (χ4v) is 3.82. The number of para-hydroxylation sites is 1. The van der Waals surface area contributed by atoms with Crippen LogP contribution in [0.15, 0.2) is 53.6 Å². The molecule has 7 nitrogen and oxygen atoms in total. The van der Waals surface area contributed by atoms with Gasteiger partial charge in [-0.1, -0.05) is 25.1 Å². The molecule has 3 aromatic rings. The second-order valence-corrected chi connectivity index (χ2v) is 6.91. The van der Waals surface area contributed by atoms with Crippen molar-refractivity contribution in [1.29, 1.82) is 0 Å². The number of hydrogen-bond donors (Lipinski definition) is 2. The first-order valence-electron chi connectivity index (χ1n) is 7.28. The molecule has 124 valence electrons. The molecule has 0 amide bonds. The topological polar surface area (TPSA) is 105 Å². The Morgan fingerprint density at radius 3 is 2.67 bits per heavy atom. The molecule has 0 aliphatic heterocycles. The number of H-pyrrole nitrogens is 1. The highest BCUT2D eigenvalue weighted by atomic mass is 32.2. The van der Waals surface area contributed by atoms with Crippen LogP contribution in [0.25, 0.3) is 10.9 Å². The number of fused-ring (bicyclic) bond motifs is 1. The van der Waals surface area contributed by atoms with E-state index in [4.69, 9.17) is 0 Å². The maximum absolute atomic E-state index is 12.7. The Bertz CT molecular complexity index is 1020. The largest absolute Gasteiger partial charge is 0.360 e. The lowest BCUT2D eigenvalue weighted by Crippen LogP contribution is -2.13. The number of benzene rings is 2. The minimum Gasteiger partial charge on any atom is -0.360 e. The van der Waals surface area contributed by atoms with Crippen molar-refractivity contribution in [3.63, 3.8) is 0 Å². The summed E-state index contributed by atoms with van der Waals surface area (Å²) in [6.07, 6.45) is 2.02. The molecular formula is C16H15N3O4S. The van der Waals surface area contributed by atoms with Crippen molar-refractivity contribution in [2.24, 2.45) is 0 Å². The molecule has 3 rings (SSSR count). The number of hydrogen-bond acceptors (Lipinski definition) is 4. The van der Waals surface area contributed by atoms with Crippen LogP contribution >= 0.6 is 0 Å². The lowest BCUT2D eigenvalue weighted by atomic mass is 10.1. The number of nitro groups is 1. The van der Waals surface area contributed by atoms with Gasteiger partial charge in [-0.25, -0.2) is 8.42 Å². The zero-order valence-electron chi connectivity index (χ0n) is 12.8. The Labute approximate surface area is 138 Å². The monoisotopic (exact) mass is 345 g/mol. The number of aryl methyl sites for hydroxylation is 1. The summed E-state index contributed by atoms with van der Waals surface area (Å²) in [5.41, 5.74) is 1.73. The van der Waals surface area contributed by atoms with Gasteiger partial charge in [-0.05, 0) is 24.1 Å². The van der Waals surface area contributed by atoms with Crippen LogP contribution in [-0.4, -0.2) is 18.3 Å². The lowest BCUT2D eigenvalue weighted by molar-refractivity contribution is -0.384. The van der Waals surface area contributed by atoms with Gasteiger partial charge >= 0.3 is 0 Å². The number of aromatic nitrogens is 1. The van der Waals surface area contributed by atoms with Crippen LogP contribution in [-0.2, 0) is 16.4 Å². The van der Waals surface area contributed by atoms with Crippen LogP contribution in [0, 0.1) is 10.1 Å². The van der Waals surface area contributed by atoms with E-state index in [0.29, 0.717) is 17.6 Å². The van der Waals surface area contributed by atoms with E-state index in [2.05, 4.69) is 9.71 Å². The maximum atomic E-state index is 12.7. The quantitative estimate of drug-likeness (QED) is 0.546. The fraction of sp³-hybridized carbons (Fsp3) is 0.125. The predicted molar refractivity (Wildman–Crippen MR) is 91.6 cm³/mol. The molecule has 2 N–H and O–H groups in total. The van der Waals surface area contributed by atoms with Gasteiger partial charge in [0.05, 0.1) is 10.6 Å². The molecule has 0 radical (unpaired) electrons. The molecule has 0 spiro atoms. The van der Waals surface area contributed by atoms with Crippen molar-refractivity contribution < 1.29 is 13.3 Å². The summed E-state index contributed by atoms with van der Waals surface area (Å²) in [7, 11) is -3.88. The highest BCUT2D eigenvalue weighted by Crippen LogP contribution is 2.29. The molecule has 0 bridgehead atoms. The Kier molecular flexibility index (Phi) is 3.98. The van der Waals surface area contributed by atoms with E-state index in [9.17, 15) is 18.5 Å². The normalized spacial score (nSPS) is 11.5. The molecule has 8 heteroatoms. The van der Waals surface area contributed by atoms with Gasteiger partial charge in [0.25, 0.3) is 15.7 Å². The number of nitrogens with zero attached hydrogens (tertiary/aromatic N) is 1. The van der Waals surface area contributed by atoms with Gasteiger partial charge in [0.2, 0.25) is 0 Å². The average molecular weight is 345 g/mol. The summed E-state index contributed by atoms with van der Waals surface area (Å²) in [4.78, 5) is 13.2. The van der Waals surface area contributed by atoms with Crippen LogP contribution in [0.4, 0.5) is 11.4 Å². The molecular weight excluding hydrogens is 330 g/mol. The summed E-state index contributed by atoms with van der Waals surface area (Å²) in [6.45, 7) is 1.93. The Morgan fingerprint density at radius 2 is 1.96 bits per heavy atom. The number of nitro benzene ring substituents is 1. The number of anilines is 1. The van der Waals surface area contributed by atoms with Gasteiger partial charge in [-0.15, -0.1) is 0 Å². The standard InChI is InChI=1S/C16H15N3O4S/c1-2-11-5-3-4-6-14(11)18-24(22,23)16-10-17-15-8-7-12(19(20)21)9-13(15)16/h3-10,17-18H,2H2,1H3. The van der Waals surface area contributed by atoms with Gasteiger partial charge in [0, 0.05) is 29.2 Å². The molecule has 0 aliphatic rings. The van der Waals surface area contributed by atoms with E-state index in [1.165, 1.54) is 24.4 Å². The van der Waals surface area contributed by atoms with Crippen molar-refractivity contribution in [3.05, 3.63) is 64.3 Å². The minimum absolute atomic E-state index is 0.0212. The van der Waals surface area contributed by atoms with Crippen molar-refractivity contribution in [3.8, 4) is 0 Å². The van der Waals surface area contributed by atoms with Crippen LogP contribution < -0.4 is 4.72 Å². The molecule has 0 atom stereocenters. The van der Waals surface area contributed by atoms with E-state index in [-0.39, 0.29) is 16.0 Å². The third-order valence-electron chi connectivity index (χ3n) is 3.77. The van der Waals surface area contributed by atoms with Gasteiger partial charge in [0.15, 0.2) is 0 Å². The van der Waals surface area contributed by atoms with Gasteiger partial charge in [0.1, 0.15) is 4.90 Å². The third kappa shape index (κ3) is 2.83. The first-order chi connectivity index (χ1) is 11.4. The van der Waals surface area contributed by atoms with Crippen molar-refractivity contribution in [2.45, 2.75) is 18.2 Å². The van der Waals surface area contributed by atoms with Crippen molar-refractivity contribution >= 4 is 32.3 Å². The second kappa shape index (κ2) is 5.97. The first-order valence-corrected chi connectivity index (χ1v) is 8.77. The summed E-state index contributed by atoms with van der Waals surface area (Å²) < 4.78 is 28.0. The van der Waals surface area contributed by atoms with Gasteiger partial charge < -0.3 is 4.98 Å². The highest BCUT2D eigenvalue weighted by Gasteiger charge is 2.21. The summed E-state index contributed by atoms with van der Waals surface area (Å²) in [6, 6.07) is 11.2. The highest BCUT2D eigenvalue weighted by molar-refractivity contribution is 7.93. The molecule has 0 saturated heterocycles. The molecule has 0 fully saturated rings. The van der Waals surface area contributed by atoms with Crippen molar-refractivity contribution in [1.82, 2.24) is 4.98 Å². The third-order valence-corrected chi connectivity index (χ3v) is 5.18. The van der Waals surface area contributed by atoms with Crippen LogP contribution in [0.1, 0.15) is 12.5 Å². The zero-order chi connectivity index (χ0) is 17.3. The van der Waals surface area contributed by atoms with Crippen LogP contribution in [0.3, 0.4) is 0 Å². The van der Waals surface area contributed by atoms with E-state index in [0.717, 1.165) is 5.56 Å². The van der Waals surface area contributed by atoms with E-state index >= 15 is 0 Å². The van der Waals surface area contributed by atoms with E-state index in [1.54, 1.807) is 12.1 Å². The average Bonchev–Trinajstić information content (AvgIpc) is 2.99. The number of aromatic amines is 1. The number of rotatable bonds is 5. The van der Waals surface area contributed by atoms with E-state index in [1.807, 2.05) is 19.1 Å². The zero-order valence-corrected chi connectivity index (χ0v) is 13.6. The molecule has 1 aromatic heterocycles. The second-order valence-electron chi connectivity index (χ2n) is 5.26. The Hall–Kier alpha value is -2.87. The molecule has 0 unspecified atom stereocenters. The minimum atomic E-state index is -3.88. The molecule has 0 aliphatic carbocycles. The smallest absolute Gasteiger partial charge is 0.270 e. The maximum Gasteiger partial charge on any atom is 0.270 e. The number of non-ortho nitro benzene ring substituents is 1. The molecule has 0 saturated carbocycles. The Balaban J connectivity index is 2.08. The SMILES string of the molecule is CCc1ccccc1NS(=O)(=O)c1c[nH]c2ccc([N+](=O)[O-])cc12. The molecule has 24 heavy (non-hydrogen) atoms. The summed E-state index contributed by atoms with van der Waals surface area (Å²) in [5, 5.41) is 11.2. The van der Waals surface area contributed by atoms with Gasteiger partial charge in [-0.3, -0.25) is 14.8 Å².